The Morgan fingerprint density at radius 1 is 1.56 bits per heavy atom. The average molecular weight is 271 g/mol. The maximum Gasteiger partial charge on any atom is 0.346 e. The smallest absolute Gasteiger partial charge is 0.296 e. The highest BCUT2D eigenvalue weighted by molar-refractivity contribution is 7.10. The zero-order valence-electron chi connectivity index (χ0n) is 11.6. The molecule has 0 atom stereocenters. The first-order chi connectivity index (χ1) is 8.46. The number of nitrogens with one attached hydrogen (secondary N) is 1. The molecule has 2 amide bonds. The fraction of sp³-hybridized carbons (Fsp3) is 0.667. The van der Waals surface area contributed by atoms with Crippen LogP contribution in [0.15, 0.2) is 6.07 Å². The maximum atomic E-state index is 11.6. The number of aromatic nitrogens is 1. The minimum absolute atomic E-state index is 0.0760. The first-order valence-corrected chi connectivity index (χ1v) is 6.80. The second kappa shape index (κ2) is 6.15. The van der Waals surface area contributed by atoms with Crippen LogP contribution in [0.3, 0.4) is 0 Å². The van der Waals surface area contributed by atoms with E-state index in [1.165, 1.54) is 18.6 Å². The second-order valence-electron chi connectivity index (χ2n) is 4.45. The van der Waals surface area contributed by atoms with Crippen LogP contribution >= 0.6 is 11.5 Å². The number of urea groups is 1. The monoisotopic (exact) mass is 271 g/mol. The van der Waals surface area contributed by atoms with E-state index in [0.29, 0.717) is 0 Å². The number of anilines is 1. The highest BCUT2D eigenvalue weighted by Gasteiger charge is 2.25. The summed E-state index contributed by atoms with van der Waals surface area (Å²) in [5.41, 5.74) is 1.11. The van der Waals surface area contributed by atoms with Crippen LogP contribution in [0.4, 0.5) is 9.80 Å². The van der Waals surface area contributed by atoms with Crippen molar-refractivity contribution in [2.24, 2.45) is 0 Å². The van der Waals surface area contributed by atoms with E-state index in [0.717, 1.165) is 28.6 Å². The lowest BCUT2D eigenvalue weighted by molar-refractivity contribution is -0.0597. The molecule has 1 aromatic rings. The molecule has 18 heavy (non-hydrogen) atoms. The van der Waals surface area contributed by atoms with Crippen LogP contribution in [-0.2, 0) is 10.3 Å². The third kappa shape index (κ3) is 3.20. The second-order valence-corrected chi connectivity index (χ2v) is 5.26. The Bertz CT molecular complexity index is 402. The summed E-state index contributed by atoms with van der Waals surface area (Å²) in [6, 6.07) is 1.64. The fourth-order valence-corrected chi connectivity index (χ4v) is 2.26. The Labute approximate surface area is 112 Å². The maximum absolute atomic E-state index is 11.6. The number of hydrogen-bond acceptors (Lipinski definition) is 4. The molecule has 1 N–H and O–H groups in total. The number of rotatable bonds is 5. The topological polar surface area (TPSA) is 54.5 Å². The highest BCUT2D eigenvalue weighted by Crippen LogP contribution is 2.33. The van der Waals surface area contributed by atoms with Gasteiger partial charge >= 0.3 is 6.03 Å². The fourth-order valence-electron chi connectivity index (χ4n) is 1.50. The van der Waals surface area contributed by atoms with Gasteiger partial charge in [0.15, 0.2) is 0 Å². The lowest BCUT2D eigenvalue weighted by atomic mass is 9.81. The number of nitrogens with zero attached hydrogens (tertiary/aromatic N) is 2. The number of amides is 2. The summed E-state index contributed by atoms with van der Waals surface area (Å²) in [6.45, 7) is 6.49. The zero-order chi connectivity index (χ0) is 13.8. The van der Waals surface area contributed by atoms with Crippen molar-refractivity contribution in [1.29, 1.82) is 0 Å². The number of hydroxylamine groups is 2. The van der Waals surface area contributed by atoms with Crippen LogP contribution in [0.25, 0.3) is 0 Å². The van der Waals surface area contributed by atoms with Crippen LogP contribution in [-0.4, -0.2) is 29.6 Å². The zero-order valence-corrected chi connectivity index (χ0v) is 12.4. The molecule has 1 rings (SSSR count). The Balaban J connectivity index is 2.78. The first kappa shape index (κ1) is 14.9. The highest BCUT2D eigenvalue weighted by atomic mass is 32.1. The van der Waals surface area contributed by atoms with Crippen LogP contribution in [0.5, 0.6) is 0 Å². The average Bonchev–Trinajstić information content (AvgIpc) is 2.85. The molecular formula is C12H21N3O2S. The van der Waals surface area contributed by atoms with Crippen molar-refractivity contribution in [3.8, 4) is 0 Å². The molecule has 0 aliphatic heterocycles. The van der Waals surface area contributed by atoms with Gasteiger partial charge in [-0.15, -0.1) is 0 Å². The summed E-state index contributed by atoms with van der Waals surface area (Å²) in [5, 5.41) is 4.63. The van der Waals surface area contributed by atoms with Crippen molar-refractivity contribution in [1.82, 2.24) is 9.44 Å². The molecule has 0 fully saturated rings. The molecule has 0 saturated carbocycles. The molecule has 102 valence electrons. The number of carbonyl (C=O) groups is 1. The van der Waals surface area contributed by atoms with Crippen molar-refractivity contribution in [3.63, 3.8) is 0 Å². The molecule has 5 nitrogen and oxygen atoms in total. The van der Waals surface area contributed by atoms with Gasteiger partial charge in [-0.3, -0.25) is 10.2 Å². The standard InChI is InChI=1S/C12H21N3O2S/c1-6-12(3,7-2)9-8-10(18-14-9)13-11(16)15(4)17-5/h8H,6-7H2,1-5H3,(H,13,16). The van der Waals surface area contributed by atoms with Gasteiger partial charge < -0.3 is 0 Å². The molecule has 0 radical (unpaired) electrons. The van der Waals surface area contributed by atoms with Gasteiger partial charge in [0.25, 0.3) is 0 Å². The summed E-state index contributed by atoms with van der Waals surface area (Å²) in [4.78, 5) is 16.4. The van der Waals surface area contributed by atoms with Crippen LogP contribution < -0.4 is 5.32 Å². The van der Waals surface area contributed by atoms with E-state index >= 15 is 0 Å². The summed E-state index contributed by atoms with van der Waals surface area (Å²) in [7, 11) is 3.00. The molecule has 0 unspecified atom stereocenters. The van der Waals surface area contributed by atoms with Gasteiger partial charge in [0.2, 0.25) is 0 Å². The molecule has 1 aromatic heterocycles. The summed E-state index contributed by atoms with van der Waals surface area (Å²) in [6.07, 6.45) is 2.05. The van der Waals surface area contributed by atoms with Crippen molar-refractivity contribution in [2.45, 2.75) is 39.0 Å². The van der Waals surface area contributed by atoms with Crippen LogP contribution in [0, 0.1) is 0 Å². The van der Waals surface area contributed by atoms with E-state index in [9.17, 15) is 4.79 Å². The molecule has 0 aliphatic carbocycles. The van der Waals surface area contributed by atoms with Gasteiger partial charge in [-0.2, -0.15) is 4.37 Å². The van der Waals surface area contributed by atoms with Crippen molar-refractivity contribution in [3.05, 3.63) is 11.8 Å². The van der Waals surface area contributed by atoms with Crippen molar-refractivity contribution >= 4 is 22.6 Å². The SMILES string of the molecule is CCC(C)(CC)c1cc(NC(=O)N(C)OC)sn1. The minimum atomic E-state index is -0.303. The van der Waals surface area contributed by atoms with Crippen molar-refractivity contribution < 1.29 is 9.63 Å². The molecule has 0 saturated heterocycles. The molecule has 6 heteroatoms. The normalized spacial score (nSPS) is 11.4. The van der Waals surface area contributed by atoms with Crippen LogP contribution in [0.1, 0.15) is 39.3 Å². The third-order valence-corrected chi connectivity index (χ3v) is 4.18. The number of carbonyl (C=O) groups excluding carboxylic acids is 1. The van der Waals surface area contributed by atoms with Gasteiger partial charge in [0.1, 0.15) is 5.00 Å². The van der Waals surface area contributed by atoms with Gasteiger partial charge in [-0.05, 0) is 30.4 Å². The summed E-state index contributed by atoms with van der Waals surface area (Å²) >= 11 is 1.30. The Hall–Kier alpha value is -1.14. The minimum Gasteiger partial charge on any atom is -0.296 e. The van der Waals surface area contributed by atoms with E-state index in [-0.39, 0.29) is 11.4 Å². The largest absolute Gasteiger partial charge is 0.346 e. The summed E-state index contributed by atoms with van der Waals surface area (Å²) in [5.74, 6) is 0. The van der Waals surface area contributed by atoms with E-state index < -0.39 is 0 Å². The predicted octanol–water partition coefficient (Wildman–Crippen LogP) is 3.25. The lowest BCUT2D eigenvalue weighted by Gasteiger charge is -2.23. The molecule has 1 heterocycles. The molecule has 0 spiro atoms. The van der Waals surface area contributed by atoms with E-state index in [1.807, 2.05) is 6.07 Å². The Kier molecular flexibility index (Phi) is 5.10. The van der Waals surface area contributed by atoms with Gasteiger partial charge in [-0.25, -0.2) is 9.86 Å². The van der Waals surface area contributed by atoms with Gasteiger partial charge in [0.05, 0.1) is 12.8 Å². The lowest BCUT2D eigenvalue weighted by Crippen LogP contribution is -2.29. The molecule has 0 aliphatic rings. The van der Waals surface area contributed by atoms with E-state index in [4.69, 9.17) is 4.84 Å². The molecule has 0 aromatic carbocycles. The first-order valence-electron chi connectivity index (χ1n) is 6.02. The van der Waals surface area contributed by atoms with Gasteiger partial charge in [-0.1, -0.05) is 20.8 Å². The quantitative estimate of drug-likeness (QED) is 0.836. The molecule has 0 bridgehead atoms. The third-order valence-electron chi connectivity index (χ3n) is 3.48. The number of hydrogen-bond donors (Lipinski definition) is 1. The van der Waals surface area contributed by atoms with Crippen molar-refractivity contribution in [2.75, 3.05) is 19.5 Å². The van der Waals surface area contributed by atoms with Crippen LogP contribution in [0.2, 0.25) is 0 Å². The van der Waals surface area contributed by atoms with E-state index in [1.54, 1.807) is 7.05 Å². The Morgan fingerprint density at radius 3 is 2.67 bits per heavy atom. The predicted molar refractivity (Wildman–Crippen MR) is 73.8 cm³/mol. The van der Waals surface area contributed by atoms with Gasteiger partial charge in [0, 0.05) is 12.5 Å². The Morgan fingerprint density at radius 2 is 2.17 bits per heavy atom. The summed E-state index contributed by atoms with van der Waals surface area (Å²) < 4.78 is 4.44. The van der Waals surface area contributed by atoms with E-state index in [2.05, 4.69) is 30.5 Å². The molecular weight excluding hydrogens is 250 g/mol.